The number of halogens is 1. The zero-order valence-electron chi connectivity index (χ0n) is 16.4. The van der Waals surface area contributed by atoms with Gasteiger partial charge in [-0.25, -0.2) is 4.98 Å². The van der Waals surface area contributed by atoms with Crippen molar-refractivity contribution in [3.05, 3.63) is 70.9 Å². The van der Waals surface area contributed by atoms with Crippen LogP contribution in [0.4, 0.5) is 0 Å². The van der Waals surface area contributed by atoms with E-state index in [1.807, 2.05) is 65.5 Å². The average molecular weight is 428 g/mol. The molecule has 0 aliphatic heterocycles. The standard InChI is InChI=1S/C21H22ClN5OS/c1-15-12-16(22)8-9-18(15)28-11-5-7-20-24-25-21(26(20)2)29-14-17-13-27-10-4-3-6-19(27)23-17/h3-4,6,8-10,12-13H,5,7,11,14H2,1-2H3. The molecular weight excluding hydrogens is 406 g/mol. The number of rotatable bonds is 8. The number of thioether (sulfide) groups is 1. The summed E-state index contributed by atoms with van der Waals surface area (Å²) in [4.78, 5) is 4.63. The van der Waals surface area contributed by atoms with Crippen molar-refractivity contribution in [3.8, 4) is 5.75 Å². The third-order valence-corrected chi connectivity index (χ3v) is 5.92. The lowest BCUT2D eigenvalue weighted by atomic mass is 10.2. The summed E-state index contributed by atoms with van der Waals surface area (Å²) >= 11 is 7.63. The Hall–Kier alpha value is -2.51. The first-order valence-electron chi connectivity index (χ1n) is 9.43. The number of hydrogen-bond donors (Lipinski definition) is 0. The van der Waals surface area contributed by atoms with Crippen molar-refractivity contribution < 1.29 is 4.74 Å². The highest BCUT2D eigenvalue weighted by atomic mass is 35.5. The van der Waals surface area contributed by atoms with Crippen LogP contribution in [0.3, 0.4) is 0 Å². The summed E-state index contributed by atoms with van der Waals surface area (Å²) in [6, 6.07) is 11.7. The summed E-state index contributed by atoms with van der Waals surface area (Å²) in [7, 11) is 2.01. The molecule has 6 nitrogen and oxygen atoms in total. The maximum Gasteiger partial charge on any atom is 0.191 e. The highest BCUT2D eigenvalue weighted by Crippen LogP contribution is 2.23. The molecule has 0 aliphatic carbocycles. The van der Waals surface area contributed by atoms with Crippen molar-refractivity contribution in [3.63, 3.8) is 0 Å². The van der Waals surface area contributed by atoms with Gasteiger partial charge in [-0.2, -0.15) is 0 Å². The lowest BCUT2D eigenvalue weighted by molar-refractivity contribution is 0.307. The summed E-state index contributed by atoms with van der Waals surface area (Å²) in [6.45, 7) is 2.62. The predicted molar refractivity (Wildman–Crippen MR) is 116 cm³/mol. The van der Waals surface area contributed by atoms with Crippen LogP contribution < -0.4 is 4.74 Å². The van der Waals surface area contributed by atoms with Crippen molar-refractivity contribution >= 4 is 29.0 Å². The quantitative estimate of drug-likeness (QED) is 0.300. The molecule has 29 heavy (non-hydrogen) atoms. The van der Waals surface area contributed by atoms with Crippen molar-refractivity contribution in [2.24, 2.45) is 7.05 Å². The van der Waals surface area contributed by atoms with Gasteiger partial charge in [0.2, 0.25) is 0 Å². The normalized spacial score (nSPS) is 11.3. The first kappa shape index (κ1) is 19.8. The number of benzene rings is 1. The predicted octanol–water partition coefficient (Wildman–Crippen LogP) is 4.73. The van der Waals surface area contributed by atoms with Gasteiger partial charge in [-0.15, -0.1) is 10.2 Å². The van der Waals surface area contributed by atoms with E-state index in [0.29, 0.717) is 6.61 Å². The number of ether oxygens (including phenoxy) is 1. The zero-order valence-corrected chi connectivity index (χ0v) is 18.0. The molecule has 0 spiro atoms. The smallest absolute Gasteiger partial charge is 0.191 e. The molecule has 3 aromatic heterocycles. The van der Waals surface area contributed by atoms with Crippen molar-refractivity contribution in [1.82, 2.24) is 24.1 Å². The molecule has 150 valence electrons. The average Bonchev–Trinajstić information content (AvgIpc) is 3.28. The molecule has 0 radical (unpaired) electrons. The van der Waals surface area contributed by atoms with Gasteiger partial charge in [-0.3, -0.25) is 0 Å². The molecule has 0 N–H and O–H groups in total. The third-order valence-electron chi connectivity index (χ3n) is 4.63. The van der Waals surface area contributed by atoms with Gasteiger partial charge < -0.3 is 13.7 Å². The SMILES string of the molecule is Cc1cc(Cl)ccc1OCCCc1nnc(SCc2cn3ccccc3n2)n1C. The molecule has 0 saturated heterocycles. The monoisotopic (exact) mass is 427 g/mol. The van der Waals surface area contributed by atoms with Gasteiger partial charge in [0, 0.05) is 36.6 Å². The molecular formula is C21H22ClN5OS. The molecule has 1 aromatic carbocycles. The number of nitrogens with zero attached hydrogens (tertiary/aromatic N) is 5. The topological polar surface area (TPSA) is 57.2 Å². The van der Waals surface area contributed by atoms with Gasteiger partial charge in [-0.1, -0.05) is 29.4 Å². The van der Waals surface area contributed by atoms with Crippen LogP contribution in [0.25, 0.3) is 5.65 Å². The number of aromatic nitrogens is 5. The van der Waals surface area contributed by atoms with E-state index in [1.165, 1.54) is 0 Å². The Bertz CT molecular complexity index is 1090. The lowest BCUT2D eigenvalue weighted by Crippen LogP contribution is -2.04. The maximum atomic E-state index is 5.98. The van der Waals surface area contributed by atoms with Crippen LogP contribution in [0.5, 0.6) is 5.75 Å². The van der Waals surface area contributed by atoms with Gasteiger partial charge in [0.25, 0.3) is 0 Å². The van der Waals surface area contributed by atoms with E-state index in [0.717, 1.165) is 57.3 Å². The van der Waals surface area contributed by atoms with E-state index in [2.05, 4.69) is 21.4 Å². The Labute approximate surface area is 178 Å². The van der Waals surface area contributed by atoms with Crippen molar-refractivity contribution in [2.45, 2.75) is 30.7 Å². The van der Waals surface area contributed by atoms with Crippen molar-refractivity contribution in [2.75, 3.05) is 6.61 Å². The van der Waals surface area contributed by atoms with Crippen LogP contribution in [0.15, 0.2) is 53.9 Å². The molecule has 8 heteroatoms. The summed E-state index contributed by atoms with van der Waals surface area (Å²) in [5, 5.41) is 10.3. The fourth-order valence-corrected chi connectivity index (χ4v) is 4.11. The first-order chi connectivity index (χ1) is 14.1. The van der Waals surface area contributed by atoms with E-state index >= 15 is 0 Å². The third kappa shape index (κ3) is 4.74. The molecule has 0 fully saturated rings. The van der Waals surface area contributed by atoms with Crippen LogP contribution >= 0.6 is 23.4 Å². The molecule has 0 aliphatic rings. The van der Waals surface area contributed by atoms with Crippen LogP contribution in [0.2, 0.25) is 5.02 Å². The number of aryl methyl sites for hydroxylation is 2. The summed E-state index contributed by atoms with van der Waals surface area (Å²) in [6.07, 6.45) is 5.73. The molecule has 0 bridgehead atoms. The van der Waals surface area contributed by atoms with E-state index in [4.69, 9.17) is 16.3 Å². The van der Waals surface area contributed by atoms with Gasteiger partial charge in [0.05, 0.1) is 12.3 Å². The molecule has 0 amide bonds. The van der Waals surface area contributed by atoms with E-state index < -0.39 is 0 Å². The second kappa shape index (κ2) is 8.88. The van der Waals surface area contributed by atoms with Crippen LogP contribution in [-0.2, 0) is 19.2 Å². The second-order valence-electron chi connectivity index (χ2n) is 6.81. The summed E-state index contributed by atoms with van der Waals surface area (Å²) in [5.41, 5.74) is 3.02. The van der Waals surface area contributed by atoms with E-state index in [1.54, 1.807) is 11.8 Å². The van der Waals surface area contributed by atoms with Crippen molar-refractivity contribution in [1.29, 1.82) is 0 Å². The van der Waals surface area contributed by atoms with Crippen LogP contribution in [-0.4, -0.2) is 30.8 Å². The summed E-state index contributed by atoms with van der Waals surface area (Å²) in [5.74, 6) is 2.59. The van der Waals surface area contributed by atoms with Gasteiger partial charge >= 0.3 is 0 Å². The maximum absolute atomic E-state index is 5.98. The molecule has 0 unspecified atom stereocenters. The minimum Gasteiger partial charge on any atom is -0.493 e. The Kier molecular flexibility index (Phi) is 6.06. The lowest BCUT2D eigenvalue weighted by Gasteiger charge is -2.09. The molecule has 4 rings (SSSR count). The Morgan fingerprint density at radius 2 is 2.07 bits per heavy atom. The fourth-order valence-electron chi connectivity index (χ4n) is 3.07. The van der Waals surface area contributed by atoms with Crippen LogP contribution in [0.1, 0.15) is 23.5 Å². The minimum absolute atomic E-state index is 0.624. The van der Waals surface area contributed by atoms with Crippen LogP contribution in [0, 0.1) is 6.92 Å². The highest BCUT2D eigenvalue weighted by molar-refractivity contribution is 7.98. The number of hydrogen-bond acceptors (Lipinski definition) is 5. The Morgan fingerprint density at radius 1 is 1.17 bits per heavy atom. The minimum atomic E-state index is 0.624. The highest BCUT2D eigenvalue weighted by Gasteiger charge is 2.11. The van der Waals surface area contributed by atoms with Gasteiger partial charge in [0.15, 0.2) is 5.16 Å². The number of pyridine rings is 1. The number of fused-ring (bicyclic) bond motifs is 1. The molecule has 0 saturated carbocycles. The Balaban J connectivity index is 1.29. The van der Waals surface area contributed by atoms with E-state index in [9.17, 15) is 0 Å². The number of imidazole rings is 1. The molecule has 0 atom stereocenters. The molecule has 3 heterocycles. The van der Waals surface area contributed by atoms with Gasteiger partial charge in [0.1, 0.15) is 17.2 Å². The summed E-state index contributed by atoms with van der Waals surface area (Å²) < 4.78 is 9.94. The molecule has 4 aromatic rings. The van der Waals surface area contributed by atoms with E-state index in [-0.39, 0.29) is 0 Å². The second-order valence-corrected chi connectivity index (χ2v) is 8.19. The zero-order chi connectivity index (χ0) is 20.2. The first-order valence-corrected chi connectivity index (χ1v) is 10.8. The fraction of sp³-hybridized carbons (Fsp3) is 0.286. The largest absolute Gasteiger partial charge is 0.493 e. The van der Waals surface area contributed by atoms with Gasteiger partial charge in [-0.05, 0) is 49.2 Å². The Morgan fingerprint density at radius 3 is 2.90 bits per heavy atom.